The van der Waals surface area contributed by atoms with Gasteiger partial charge in [0, 0.05) is 20.1 Å². The van der Waals surface area contributed by atoms with Gasteiger partial charge >= 0.3 is 6.18 Å². The van der Waals surface area contributed by atoms with Crippen LogP contribution in [0.5, 0.6) is 0 Å². The minimum absolute atomic E-state index is 0.427. The number of halogens is 3. The van der Waals surface area contributed by atoms with E-state index in [9.17, 15) is 13.2 Å². The maximum atomic E-state index is 12.2. The Labute approximate surface area is 97.8 Å². The van der Waals surface area contributed by atoms with Crippen LogP contribution in [0.4, 0.5) is 19.0 Å². The van der Waals surface area contributed by atoms with E-state index in [0.29, 0.717) is 12.4 Å². The first-order valence-electron chi connectivity index (χ1n) is 5.28. The lowest BCUT2D eigenvalue weighted by Gasteiger charge is -2.17. The fourth-order valence-corrected chi connectivity index (χ4v) is 1.22. The first-order valence-corrected chi connectivity index (χ1v) is 5.28. The lowest BCUT2D eigenvalue weighted by Crippen LogP contribution is -2.29. The summed E-state index contributed by atoms with van der Waals surface area (Å²) < 4.78 is 36.7. The Kier molecular flexibility index (Phi) is 4.68. The van der Waals surface area contributed by atoms with Crippen molar-refractivity contribution in [3.8, 4) is 0 Å². The van der Waals surface area contributed by atoms with Crippen LogP contribution >= 0.6 is 0 Å². The summed E-state index contributed by atoms with van der Waals surface area (Å²) in [6.07, 6.45) is -4.44. The normalized spacial score (nSPS) is 11.6. The van der Waals surface area contributed by atoms with Gasteiger partial charge in [-0.3, -0.25) is 0 Å². The molecular weight excluding hydrogens is 233 g/mol. The number of anilines is 1. The Bertz CT molecular complexity index is 336. The number of alkyl halides is 3. The fourth-order valence-electron chi connectivity index (χ4n) is 1.22. The largest absolute Gasteiger partial charge is 0.435 e. The number of aromatic nitrogens is 2. The number of rotatable bonds is 5. The molecule has 0 radical (unpaired) electrons. The van der Waals surface area contributed by atoms with Gasteiger partial charge < -0.3 is 10.2 Å². The Hall–Kier alpha value is -1.37. The molecule has 7 heteroatoms. The van der Waals surface area contributed by atoms with E-state index in [4.69, 9.17) is 0 Å². The van der Waals surface area contributed by atoms with Gasteiger partial charge in [0.2, 0.25) is 0 Å². The van der Waals surface area contributed by atoms with Crippen LogP contribution in [-0.2, 0) is 6.18 Å². The third-order valence-corrected chi connectivity index (χ3v) is 2.21. The fraction of sp³-hybridized carbons (Fsp3) is 0.600. The molecule has 0 fully saturated rings. The molecule has 0 aromatic carbocycles. The van der Waals surface area contributed by atoms with Crippen molar-refractivity contribution in [2.45, 2.75) is 13.1 Å². The summed E-state index contributed by atoms with van der Waals surface area (Å²) in [5, 5.41) is 9.83. The Morgan fingerprint density at radius 2 is 2.00 bits per heavy atom. The van der Waals surface area contributed by atoms with Crippen LogP contribution in [0.1, 0.15) is 12.6 Å². The molecule has 1 N–H and O–H groups in total. The molecule has 4 nitrogen and oxygen atoms in total. The summed E-state index contributed by atoms with van der Waals surface area (Å²) in [5.41, 5.74) is -0.971. The molecule has 1 aromatic rings. The van der Waals surface area contributed by atoms with Gasteiger partial charge in [0.1, 0.15) is 0 Å². The van der Waals surface area contributed by atoms with E-state index in [1.54, 1.807) is 11.9 Å². The van der Waals surface area contributed by atoms with Gasteiger partial charge in [-0.1, -0.05) is 6.92 Å². The van der Waals surface area contributed by atoms with Crippen molar-refractivity contribution < 1.29 is 13.2 Å². The highest BCUT2D eigenvalue weighted by Gasteiger charge is 2.32. The highest BCUT2D eigenvalue weighted by molar-refractivity contribution is 5.36. The third kappa shape index (κ3) is 4.18. The summed E-state index contributed by atoms with van der Waals surface area (Å²) in [4.78, 5) is 1.75. The van der Waals surface area contributed by atoms with E-state index in [1.807, 2.05) is 6.92 Å². The van der Waals surface area contributed by atoms with Gasteiger partial charge in [0.15, 0.2) is 11.5 Å². The van der Waals surface area contributed by atoms with Crippen LogP contribution in [0.25, 0.3) is 0 Å². The number of hydrogen-bond donors (Lipinski definition) is 1. The topological polar surface area (TPSA) is 41.0 Å². The summed E-state index contributed by atoms with van der Waals surface area (Å²) in [6, 6.07) is 2.26. The summed E-state index contributed by atoms with van der Waals surface area (Å²) in [7, 11) is 1.76. The van der Waals surface area contributed by atoms with E-state index in [-0.39, 0.29) is 0 Å². The average molecular weight is 248 g/mol. The van der Waals surface area contributed by atoms with Gasteiger partial charge in [-0.05, 0) is 18.7 Å². The summed E-state index contributed by atoms with van der Waals surface area (Å²) >= 11 is 0. The van der Waals surface area contributed by atoms with Gasteiger partial charge in [-0.15, -0.1) is 10.2 Å². The zero-order valence-electron chi connectivity index (χ0n) is 9.75. The average Bonchev–Trinajstić information content (AvgIpc) is 2.28. The molecular formula is C10H15F3N4. The predicted octanol–water partition coefficient (Wildman–Crippen LogP) is 1.54. The molecule has 0 saturated heterocycles. The number of likely N-dealkylation sites (N-methyl/N-ethyl adjacent to an activating group) is 2. The summed E-state index contributed by atoms with van der Waals surface area (Å²) in [6.45, 7) is 4.24. The van der Waals surface area contributed by atoms with Crippen LogP contribution in [0, 0.1) is 0 Å². The van der Waals surface area contributed by atoms with Gasteiger partial charge in [-0.25, -0.2) is 0 Å². The second-order valence-corrected chi connectivity index (χ2v) is 3.55. The Morgan fingerprint density at radius 1 is 1.29 bits per heavy atom. The van der Waals surface area contributed by atoms with Crippen LogP contribution in [0.2, 0.25) is 0 Å². The van der Waals surface area contributed by atoms with E-state index in [2.05, 4.69) is 15.5 Å². The lowest BCUT2D eigenvalue weighted by atomic mass is 10.3. The number of nitrogens with zero attached hydrogens (tertiary/aromatic N) is 3. The molecule has 96 valence electrons. The van der Waals surface area contributed by atoms with Crippen LogP contribution in [0.15, 0.2) is 12.1 Å². The third-order valence-electron chi connectivity index (χ3n) is 2.21. The predicted molar refractivity (Wildman–Crippen MR) is 58.8 cm³/mol. The van der Waals surface area contributed by atoms with Crippen molar-refractivity contribution >= 4 is 5.82 Å². The van der Waals surface area contributed by atoms with Crippen LogP contribution in [-0.4, -0.2) is 36.9 Å². The van der Waals surface area contributed by atoms with E-state index in [1.165, 1.54) is 6.07 Å². The highest BCUT2D eigenvalue weighted by atomic mass is 19.4. The molecule has 0 atom stereocenters. The molecule has 1 rings (SSSR count). The monoisotopic (exact) mass is 248 g/mol. The zero-order chi connectivity index (χ0) is 12.9. The maximum absolute atomic E-state index is 12.2. The zero-order valence-corrected chi connectivity index (χ0v) is 9.75. The minimum Gasteiger partial charge on any atom is -0.357 e. The standard InChI is InChI=1S/C10H15F3N4/c1-3-14-6-7-17(2)9-5-4-8(15-16-9)10(11,12)13/h4-5,14H,3,6-7H2,1-2H3. The van der Waals surface area contributed by atoms with E-state index < -0.39 is 11.9 Å². The van der Waals surface area contributed by atoms with Gasteiger partial charge in [0.05, 0.1) is 0 Å². The van der Waals surface area contributed by atoms with Crippen molar-refractivity contribution in [2.75, 3.05) is 31.6 Å². The Balaban J connectivity index is 2.61. The molecule has 0 saturated carbocycles. The van der Waals surface area contributed by atoms with Crippen LogP contribution < -0.4 is 10.2 Å². The number of hydrogen-bond acceptors (Lipinski definition) is 4. The minimum atomic E-state index is -4.44. The molecule has 0 aliphatic carbocycles. The molecule has 0 bridgehead atoms. The van der Waals surface area contributed by atoms with Gasteiger partial charge in [0.25, 0.3) is 0 Å². The first kappa shape index (κ1) is 13.7. The van der Waals surface area contributed by atoms with Crippen molar-refractivity contribution in [3.05, 3.63) is 17.8 Å². The van der Waals surface area contributed by atoms with Crippen molar-refractivity contribution in [2.24, 2.45) is 0 Å². The smallest absolute Gasteiger partial charge is 0.357 e. The molecule has 0 aliphatic heterocycles. The number of nitrogens with one attached hydrogen (secondary N) is 1. The van der Waals surface area contributed by atoms with Gasteiger partial charge in [-0.2, -0.15) is 13.2 Å². The Morgan fingerprint density at radius 3 is 2.47 bits per heavy atom. The first-order chi connectivity index (χ1) is 7.95. The van der Waals surface area contributed by atoms with Crippen molar-refractivity contribution in [3.63, 3.8) is 0 Å². The highest BCUT2D eigenvalue weighted by Crippen LogP contribution is 2.27. The molecule has 0 spiro atoms. The molecule has 0 aliphatic rings. The SMILES string of the molecule is CCNCCN(C)c1ccc(C(F)(F)F)nn1. The second kappa shape index (κ2) is 5.81. The van der Waals surface area contributed by atoms with Crippen LogP contribution in [0.3, 0.4) is 0 Å². The quantitative estimate of drug-likeness (QED) is 0.802. The maximum Gasteiger partial charge on any atom is 0.435 e. The second-order valence-electron chi connectivity index (χ2n) is 3.55. The molecule has 17 heavy (non-hydrogen) atoms. The summed E-state index contributed by atoms with van der Waals surface area (Å²) in [5.74, 6) is 0.427. The molecule has 0 amide bonds. The van der Waals surface area contributed by atoms with E-state index in [0.717, 1.165) is 19.2 Å². The van der Waals surface area contributed by atoms with Crippen molar-refractivity contribution in [1.82, 2.24) is 15.5 Å². The molecule has 0 unspecified atom stereocenters. The molecule has 1 heterocycles. The van der Waals surface area contributed by atoms with Crippen molar-refractivity contribution in [1.29, 1.82) is 0 Å². The lowest BCUT2D eigenvalue weighted by molar-refractivity contribution is -0.141. The molecule has 1 aromatic heterocycles. The van der Waals surface area contributed by atoms with E-state index >= 15 is 0 Å².